The molecule has 4 unspecified atom stereocenters. The summed E-state index contributed by atoms with van der Waals surface area (Å²) in [6, 6.07) is 11.0. The van der Waals surface area contributed by atoms with Gasteiger partial charge in [-0.1, -0.05) is 37.3 Å². The lowest BCUT2D eigenvalue weighted by molar-refractivity contribution is 0.0486. The molecule has 1 aliphatic heterocycles. The quantitative estimate of drug-likeness (QED) is 0.817. The summed E-state index contributed by atoms with van der Waals surface area (Å²) in [6.45, 7) is 4.44. The molecule has 2 nitrogen and oxygen atoms in total. The lowest BCUT2D eigenvalue weighted by Crippen LogP contribution is -2.41. The number of benzene rings is 1. The maximum atomic E-state index is 10.00. The average Bonchev–Trinajstić information content (AvgIpc) is 2.71. The summed E-state index contributed by atoms with van der Waals surface area (Å²) in [6.07, 6.45) is 0.911. The van der Waals surface area contributed by atoms with Crippen molar-refractivity contribution in [3.8, 4) is 0 Å². The number of aliphatic hydroxyl groups excluding tert-OH is 1. The standard InChI is InChI=1S/C14H19NO/c1-10-12-7-13(16)14(10)15(9-12)8-11-5-3-2-4-6-11/h2-6,10,12-14,16H,7-9H2,1H3. The van der Waals surface area contributed by atoms with Crippen molar-refractivity contribution in [1.29, 1.82) is 0 Å². The molecule has 0 aromatic heterocycles. The molecule has 16 heavy (non-hydrogen) atoms. The van der Waals surface area contributed by atoms with Gasteiger partial charge in [0.1, 0.15) is 0 Å². The van der Waals surface area contributed by atoms with E-state index in [1.807, 2.05) is 0 Å². The molecule has 1 aromatic carbocycles. The van der Waals surface area contributed by atoms with Crippen LogP contribution in [0.4, 0.5) is 0 Å². The van der Waals surface area contributed by atoms with Crippen molar-refractivity contribution < 1.29 is 5.11 Å². The van der Waals surface area contributed by atoms with Gasteiger partial charge in [0.25, 0.3) is 0 Å². The Kier molecular flexibility index (Phi) is 2.49. The van der Waals surface area contributed by atoms with Gasteiger partial charge < -0.3 is 5.11 Å². The van der Waals surface area contributed by atoms with Gasteiger partial charge in [-0.25, -0.2) is 0 Å². The van der Waals surface area contributed by atoms with Crippen molar-refractivity contribution in [2.24, 2.45) is 11.8 Å². The molecule has 1 saturated carbocycles. The minimum atomic E-state index is -0.0996. The van der Waals surface area contributed by atoms with Gasteiger partial charge in [0, 0.05) is 19.1 Å². The van der Waals surface area contributed by atoms with Crippen molar-refractivity contribution in [3.63, 3.8) is 0 Å². The molecule has 1 saturated heterocycles. The molecule has 0 spiro atoms. The Bertz CT molecular complexity index is 364. The smallest absolute Gasteiger partial charge is 0.0701 e. The number of likely N-dealkylation sites (tertiary alicyclic amines) is 1. The molecule has 1 aliphatic carbocycles. The third-order valence-corrected chi connectivity index (χ3v) is 4.34. The van der Waals surface area contributed by atoms with Crippen LogP contribution in [0.1, 0.15) is 18.9 Å². The molecule has 2 aliphatic rings. The minimum Gasteiger partial charge on any atom is -0.391 e. The number of fused-ring (bicyclic) bond motifs is 2. The van der Waals surface area contributed by atoms with Crippen molar-refractivity contribution in [3.05, 3.63) is 35.9 Å². The zero-order chi connectivity index (χ0) is 11.1. The fraction of sp³-hybridized carbons (Fsp3) is 0.571. The zero-order valence-corrected chi connectivity index (χ0v) is 9.71. The second kappa shape index (κ2) is 3.86. The fourth-order valence-electron chi connectivity index (χ4n) is 3.52. The number of hydrogen-bond donors (Lipinski definition) is 1. The topological polar surface area (TPSA) is 23.5 Å². The van der Waals surface area contributed by atoms with Gasteiger partial charge in [-0.2, -0.15) is 0 Å². The molecule has 3 rings (SSSR count). The Balaban J connectivity index is 1.74. The van der Waals surface area contributed by atoms with Crippen LogP contribution in [-0.4, -0.2) is 28.7 Å². The SMILES string of the molecule is CC1C2CC(O)C1N(Cc1ccccc1)C2. The van der Waals surface area contributed by atoms with Gasteiger partial charge in [0.15, 0.2) is 0 Å². The molecule has 2 heteroatoms. The summed E-state index contributed by atoms with van der Waals surface area (Å²) in [5, 5.41) is 10.00. The van der Waals surface area contributed by atoms with Crippen molar-refractivity contribution in [1.82, 2.24) is 4.90 Å². The highest BCUT2D eigenvalue weighted by molar-refractivity contribution is 5.16. The van der Waals surface area contributed by atoms with Crippen molar-refractivity contribution in [2.75, 3.05) is 6.54 Å². The first kappa shape index (κ1) is 10.3. The summed E-state index contributed by atoms with van der Waals surface area (Å²) < 4.78 is 0. The zero-order valence-electron chi connectivity index (χ0n) is 9.71. The van der Waals surface area contributed by atoms with E-state index in [4.69, 9.17) is 0 Å². The summed E-state index contributed by atoms with van der Waals surface area (Å²) in [4.78, 5) is 2.46. The summed E-state index contributed by atoms with van der Waals surface area (Å²) in [5.74, 6) is 1.38. The van der Waals surface area contributed by atoms with Crippen LogP contribution in [-0.2, 0) is 6.54 Å². The highest BCUT2D eigenvalue weighted by atomic mass is 16.3. The van der Waals surface area contributed by atoms with E-state index in [0.29, 0.717) is 17.9 Å². The second-order valence-corrected chi connectivity index (χ2v) is 5.33. The average molecular weight is 217 g/mol. The fourth-order valence-corrected chi connectivity index (χ4v) is 3.52. The molecule has 1 N–H and O–H groups in total. The first-order valence-electron chi connectivity index (χ1n) is 6.22. The molecule has 0 radical (unpaired) electrons. The van der Waals surface area contributed by atoms with Crippen molar-refractivity contribution in [2.45, 2.75) is 32.0 Å². The molecule has 1 aromatic rings. The van der Waals surface area contributed by atoms with Gasteiger partial charge in [-0.3, -0.25) is 4.90 Å². The predicted molar refractivity (Wildman–Crippen MR) is 63.9 cm³/mol. The predicted octanol–water partition coefficient (Wildman–Crippen LogP) is 1.89. The maximum Gasteiger partial charge on any atom is 0.0701 e. The summed E-state index contributed by atoms with van der Waals surface area (Å²) in [5.41, 5.74) is 1.36. The van der Waals surface area contributed by atoms with Crippen LogP contribution >= 0.6 is 0 Å². The largest absolute Gasteiger partial charge is 0.391 e. The van der Waals surface area contributed by atoms with E-state index in [9.17, 15) is 5.11 Å². The molecular weight excluding hydrogens is 198 g/mol. The van der Waals surface area contributed by atoms with E-state index in [1.165, 1.54) is 5.56 Å². The van der Waals surface area contributed by atoms with Crippen LogP contribution in [0, 0.1) is 11.8 Å². The van der Waals surface area contributed by atoms with E-state index in [-0.39, 0.29) is 6.10 Å². The first-order chi connectivity index (χ1) is 7.75. The van der Waals surface area contributed by atoms with Gasteiger partial charge in [0.05, 0.1) is 6.10 Å². The van der Waals surface area contributed by atoms with Crippen LogP contribution in [0.2, 0.25) is 0 Å². The third kappa shape index (κ3) is 1.57. The van der Waals surface area contributed by atoms with E-state index in [1.54, 1.807) is 0 Å². The minimum absolute atomic E-state index is 0.0996. The molecule has 0 amide bonds. The van der Waals surface area contributed by atoms with Crippen LogP contribution < -0.4 is 0 Å². The van der Waals surface area contributed by atoms with Crippen molar-refractivity contribution >= 4 is 0 Å². The highest BCUT2D eigenvalue weighted by Gasteiger charge is 2.49. The number of aliphatic hydroxyl groups is 1. The van der Waals surface area contributed by atoms with E-state index >= 15 is 0 Å². The molecule has 2 bridgehead atoms. The number of rotatable bonds is 2. The number of nitrogens with zero attached hydrogens (tertiary/aromatic N) is 1. The van der Waals surface area contributed by atoms with Gasteiger partial charge in [0.2, 0.25) is 0 Å². The van der Waals surface area contributed by atoms with Gasteiger partial charge in [-0.05, 0) is 23.8 Å². The molecular formula is C14H19NO. The van der Waals surface area contributed by atoms with Crippen LogP contribution in [0.5, 0.6) is 0 Å². The van der Waals surface area contributed by atoms with Crippen LogP contribution in [0.25, 0.3) is 0 Å². The first-order valence-corrected chi connectivity index (χ1v) is 6.22. The van der Waals surface area contributed by atoms with Crippen LogP contribution in [0.15, 0.2) is 30.3 Å². The summed E-state index contributed by atoms with van der Waals surface area (Å²) in [7, 11) is 0. The molecule has 1 heterocycles. The molecule has 4 atom stereocenters. The Morgan fingerprint density at radius 2 is 2.06 bits per heavy atom. The lowest BCUT2D eigenvalue weighted by Gasteiger charge is -2.30. The second-order valence-electron chi connectivity index (χ2n) is 5.33. The monoisotopic (exact) mass is 217 g/mol. The Morgan fingerprint density at radius 1 is 1.31 bits per heavy atom. The number of hydrogen-bond acceptors (Lipinski definition) is 2. The van der Waals surface area contributed by atoms with E-state index < -0.39 is 0 Å². The van der Waals surface area contributed by atoms with Gasteiger partial charge >= 0.3 is 0 Å². The third-order valence-electron chi connectivity index (χ3n) is 4.34. The molecule has 2 fully saturated rings. The van der Waals surface area contributed by atoms with Crippen LogP contribution in [0.3, 0.4) is 0 Å². The Morgan fingerprint density at radius 3 is 2.69 bits per heavy atom. The van der Waals surface area contributed by atoms with E-state index in [2.05, 4.69) is 42.2 Å². The lowest BCUT2D eigenvalue weighted by atomic mass is 10.0. The Labute approximate surface area is 96.9 Å². The van der Waals surface area contributed by atoms with E-state index in [0.717, 1.165) is 19.5 Å². The highest BCUT2D eigenvalue weighted by Crippen LogP contribution is 2.43. The Hall–Kier alpha value is -0.860. The maximum absolute atomic E-state index is 10.00. The summed E-state index contributed by atoms with van der Waals surface area (Å²) >= 11 is 0. The van der Waals surface area contributed by atoms with Gasteiger partial charge in [-0.15, -0.1) is 0 Å². The molecule has 86 valence electrons. The number of piperidine rings is 1. The normalized spacial score (nSPS) is 38.1.